The van der Waals surface area contributed by atoms with Crippen LogP contribution >= 0.6 is 11.6 Å². The summed E-state index contributed by atoms with van der Waals surface area (Å²) >= 11 is 5.71. The average Bonchev–Trinajstić information content (AvgIpc) is 2.53. The van der Waals surface area contributed by atoms with E-state index in [1.54, 1.807) is 12.1 Å². The van der Waals surface area contributed by atoms with Crippen molar-refractivity contribution in [2.24, 2.45) is 0 Å². The van der Waals surface area contributed by atoms with Gasteiger partial charge in [-0.2, -0.15) is 0 Å². The minimum atomic E-state index is -0.414. The minimum Gasteiger partial charge on any atom is -0.304 e. The van der Waals surface area contributed by atoms with E-state index in [4.69, 9.17) is 11.6 Å². The summed E-state index contributed by atoms with van der Waals surface area (Å²) in [5, 5.41) is 0.135. The van der Waals surface area contributed by atoms with Gasteiger partial charge in [-0.15, -0.1) is 0 Å². The first-order valence-electron chi connectivity index (χ1n) is 7.43. The van der Waals surface area contributed by atoms with E-state index in [1.807, 2.05) is 12.3 Å². The molecular weight excluding hydrogens is 301 g/mol. The summed E-state index contributed by atoms with van der Waals surface area (Å²) in [5.74, 6) is -0.414. The summed E-state index contributed by atoms with van der Waals surface area (Å²) < 4.78 is 13.5. The number of benzene rings is 1. The Balaban J connectivity index is 1.68. The van der Waals surface area contributed by atoms with Gasteiger partial charge in [0, 0.05) is 44.5 Å². The molecule has 22 heavy (non-hydrogen) atoms. The van der Waals surface area contributed by atoms with Gasteiger partial charge in [-0.05, 0) is 30.8 Å². The van der Waals surface area contributed by atoms with Gasteiger partial charge >= 0.3 is 0 Å². The standard InChI is InChI=1S/C17H19ClFN3/c1-21-6-8-22(9-7-21)12-13-2-5-17(20-11-13)14-3-4-15(18)16(19)10-14/h2-5,10-11H,6-9,12H2,1H3. The van der Waals surface area contributed by atoms with Gasteiger partial charge in [0.05, 0.1) is 10.7 Å². The molecule has 3 nitrogen and oxygen atoms in total. The van der Waals surface area contributed by atoms with Crippen molar-refractivity contribution in [1.29, 1.82) is 0 Å². The van der Waals surface area contributed by atoms with Crippen LogP contribution in [0.2, 0.25) is 5.02 Å². The zero-order valence-corrected chi connectivity index (χ0v) is 13.4. The number of likely N-dealkylation sites (N-methyl/N-ethyl adjacent to an activating group) is 1. The number of hydrogen-bond acceptors (Lipinski definition) is 3. The second-order valence-electron chi connectivity index (χ2n) is 5.76. The summed E-state index contributed by atoms with van der Waals surface area (Å²) in [7, 11) is 2.15. The Kier molecular flexibility index (Phi) is 4.71. The number of pyridine rings is 1. The largest absolute Gasteiger partial charge is 0.304 e. The highest BCUT2D eigenvalue weighted by Gasteiger charge is 2.14. The molecule has 5 heteroatoms. The lowest BCUT2D eigenvalue weighted by molar-refractivity contribution is 0.148. The van der Waals surface area contributed by atoms with Crippen LogP contribution in [0.5, 0.6) is 0 Å². The third-order valence-electron chi connectivity index (χ3n) is 4.04. The fourth-order valence-electron chi connectivity index (χ4n) is 2.61. The summed E-state index contributed by atoms with van der Waals surface area (Å²) in [4.78, 5) is 9.22. The maximum Gasteiger partial charge on any atom is 0.142 e. The Morgan fingerprint density at radius 3 is 2.55 bits per heavy atom. The van der Waals surface area contributed by atoms with Crippen LogP contribution in [-0.2, 0) is 6.54 Å². The first-order valence-corrected chi connectivity index (χ1v) is 7.81. The van der Waals surface area contributed by atoms with E-state index in [0.717, 1.165) is 44.0 Å². The molecule has 1 aliphatic heterocycles. The zero-order chi connectivity index (χ0) is 15.5. The van der Waals surface area contributed by atoms with Crippen molar-refractivity contribution in [2.45, 2.75) is 6.54 Å². The molecule has 1 aliphatic rings. The Hall–Kier alpha value is -1.49. The molecule has 0 atom stereocenters. The number of rotatable bonds is 3. The molecule has 0 aliphatic carbocycles. The van der Waals surface area contributed by atoms with E-state index >= 15 is 0 Å². The second kappa shape index (κ2) is 6.73. The van der Waals surface area contributed by atoms with E-state index in [2.05, 4.69) is 27.9 Å². The number of aromatic nitrogens is 1. The Labute approximate surface area is 135 Å². The van der Waals surface area contributed by atoms with E-state index in [9.17, 15) is 4.39 Å². The number of nitrogens with zero attached hydrogens (tertiary/aromatic N) is 3. The van der Waals surface area contributed by atoms with Crippen molar-refractivity contribution < 1.29 is 4.39 Å². The maximum atomic E-state index is 13.5. The monoisotopic (exact) mass is 319 g/mol. The van der Waals surface area contributed by atoms with Crippen LogP contribution in [-0.4, -0.2) is 48.0 Å². The Bertz CT molecular complexity index is 637. The first kappa shape index (κ1) is 15.4. The molecule has 1 aromatic heterocycles. The van der Waals surface area contributed by atoms with Gasteiger partial charge in [0.25, 0.3) is 0 Å². The molecule has 2 aromatic rings. The zero-order valence-electron chi connectivity index (χ0n) is 12.6. The topological polar surface area (TPSA) is 19.4 Å². The fraction of sp³-hybridized carbons (Fsp3) is 0.353. The highest BCUT2D eigenvalue weighted by molar-refractivity contribution is 6.30. The van der Waals surface area contributed by atoms with Crippen LogP contribution in [0.4, 0.5) is 4.39 Å². The molecule has 2 heterocycles. The first-order chi connectivity index (χ1) is 10.6. The molecule has 0 N–H and O–H groups in total. The molecule has 116 valence electrons. The lowest BCUT2D eigenvalue weighted by Crippen LogP contribution is -2.43. The SMILES string of the molecule is CN1CCN(Cc2ccc(-c3ccc(Cl)c(F)c3)nc2)CC1. The predicted octanol–water partition coefficient (Wildman–Crippen LogP) is 3.29. The summed E-state index contributed by atoms with van der Waals surface area (Å²) in [6.07, 6.45) is 1.88. The molecule has 0 saturated carbocycles. The predicted molar refractivity (Wildman–Crippen MR) is 87.4 cm³/mol. The third kappa shape index (κ3) is 3.64. The lowest BCUT2D eigenvalue weighted by Gasteiger charge is -2.32. The van der Waals surface area contributed by atoms with Gasteiger partial charge in [0.15, 0.2) is 0 Å². The number of hydrogen-bond donors (Lipinski definition) is 0. The number of piperazine rings is 1. The van der Waals surface area contributed by atoms with Crippen LogP contribution in [0, 0.1) is 5.82 Å². The Morgan fingerprint density at radius 1 is 1.14 bits per heavy atom. The van der Waals surface area contributed by atoms with Crippen LogP contribution in [0.25, 0.3) is 11.3 Å². The van der Waals surface area contributed by atoms with Gasteiger partial charge < -0.3 is 4.90 Å². The second-order valence-corrected chi connectivity index (χ2v) is 6.17. The van der Waals surface area contributed by atoms with Crippen LogP contribution in [0.15, 0.2) is 36.5 Å². The third-order valence-corrected chi connectivity index (χ3v) is 4.35. The molecule has 1 aromatic carbocycles. The molecule has 0 bridgehead atoms. The smallest absolute Gasteiger partial charge is 0.142 e. The molecule has 1 saturated heterocycles. The van der Waals surface area contributed by atoms with Gasteiger partial charge in [-0.3, -0.25) is 9.88 Å². The average molecular weight is 320 g/mol. The van der Waals surface area contributed by atoms with Crippen LogP contribution in [0.3, 0.4) is 0 Å². The van der Waals surface area contributed by atoms with Gasteiger partial charge in [-0.1, -0.05) is 23.7 Å². The van der Waals surface area contributed by atoms with E-state index in [0.29, 0.717) is 0 Å². The van der Waals surface area contributed by atoms with Gasteiger partial charge in [-0.25, -0.2) is 4.39 Å². The van der Waals surface area contributed by atoms with Crippen molar-refractivity contribution in [1.82, 2.24) is 14.8 Å². The highest BCUT2D eigenvalue weighted by atomic mass is 35.5. The van der Waals surface area contributed by atoms with Crippen molar-refractivity contribution >= 4 is 11.6 Å². The van der Waals surface area contributed by atoms with E-state index in [-0.39, 0.29) is 5.02 Å². The quantitative estimate of drug-likeness (QED) is 0.865. The molecule has 0 radical (unpaired) electrons. The molecule has 3 rings (SSSR count). The normalized spacial score (nSPS) is 16.9. The summed E-state index contributed by atoms with van der Waals surface area (Å²) in [5.41, 5.74) is 2.69. The van der Waals surface area contributed by atoms with Crippen molar-refractivity contribution in [2.75, 3.05) is 33.2 Å². The highest BCUT2D eigenvalue weighted by Crippen LogP contribution is 2.23. The molecule has 0 spiro atoms. The van der Waals surface area contributed by atoms with Crippen molar-refractivity contribution in [3.8, 4) is 11.3 Å². The van der Waals surface area contributed by atoms with E-state index < -0.39 is 5.82 Å². The number of halogens is 2. The van der Waals surface area contributed by atoms with Crippen LogP contribution < -0.4 is 0 Å². The van der Waals surface area contributed by atoms with Gasteiger partial charge in [0.1, 0.15) is 5.82 Å². The van der Waals surface area contributed by atoms with Crippen molar-refractivity contribution in [3.63, 3.8) is 0 Å². The van der Waals surface area contributed by atoms with E-state index in [1.165, 1.54) is 11.6 Å². The molecule has 0 amide bonds. The summed E-state index contributed by atoms with van der Waals surface area (Å²) in [6, 6.07) is 8.77. The lowest BCUT2D eigenvalue weighted by atomic mass is 10.1. The van der Waals surface area contributed by atoms with Crippen LogP contribution in [0.1, 0.15) is 5.56 Å². The summed E-state index contributed by atoms with van der Waals surface area (Å²) in [6.45, 7) is 5.29. The van der Waals surface area contributed by atoms with Crippen molar-refractivity contribution in [3.05, 3.63) is 52.9 Å². The minimum absolute atomic E-state index is 0.135. The Morgan fingerprint density at radius 2 is 1.91 bits per heavy atom. The molecule has 0 unspecified atom stereocenters. The molecular formula is C17H19ClFN3. The molecule has 1 fully saturated rings. The van der Waals surface area contributed by atoms with Gasteiger partial charge in [0.2, 0.25) is 0 Å². The maximum absolute atomic E-state index is 13.5. The fourth-order valence-corrected chi connectivity index (χ4v) is 2.73.